The van der Waals surface area contributed by atoms with Crippen LogP contribution in [0.3, 0.4) is 0 Å². The standard InChI is InChI=1S/C17H19N5O/c1-11-9-13(12-5-3-4-6-14(12)19-11)17-20-16(21-23-17)15-10-18-7-8-22(15)2/h3-6,9,15,18H,7-8,10H2,1-2H3. The normalized spacial score (nSPS) is 19.3. The maximum absolute atomic E-state index is 5.57. The van der Waals surface area contributed by atoms with Crippen molar-refractivity contribution < 1.29 is 4.52 Å². The van der Waals surface area contributed by atoms with Crippen LogP contribution in [0, 0.1) is 6.92 Å². The quantitative estimate of drug-likeness (QED) is 0.782. The smallest absolute Gasteiger partial charge is 0.258 e. The lowest BCUT2D eigenvalue weighted by Gasteiger charge is -2.30. The molecule has 6 nitrogen and oxygen atoms in total. The highest BCUT2D eigenvalue weighted by molar-refractivity contribution is 5.92. The number of likely N-dealkylation sites (N-methyl/N-ethyl adjacent to an activating group) is 1. The summed E-state index contributed by atoms with van der Waals surface area (Å²) in [7, 11) is 2.09. The second-order valence-corrected chi connectivity index (χ2v) is 5.99. The Kier molecular flexibility index (Phi) is 3.55. The van der Waals surface area contributed by atoms with Gasteiger partial charge in [-0.05, 0) is 26.1 Å². The molecule has 0 spiro atoms. The summed E-state index contributed by atoms with van der Waals surface area (Å²) in [4.78, 5) is 11.5. The number of fused-ring (bicyclic) bond motifs is 1. The topological polar surface area (TPSA) is 67.1 Å². The van der Waals surface area contributed by atoms with E-state index in [0.29, 0.717) is 5.89 Å². The van der Waals surface area contributed by atoms with Gasteiger partial charge in [0.05, 0.1) is 17.1 Å². The third-order valence-electron chi connectivity index (χ3n) is 4.33. The van der Waals surface area contributed by atoms with E-state index in [1.807, 2.05) is 37.3 Å². The van der Waals surface area contributed by atoms with E-state index in [2.05, 4.69) is 32.4 Å². The van der Waals surface area contributed by atoms with E-state index in [9.17, 15) is 0 Å². The molecule has 1 unspecified atom stereocenters. The minimum atomic E-state index is 0.149. The Labute approximate surface area is 134 Å². The average Bonchev–Trinajstić information content (AvgIpc) is 3.04. The maximum Gasteiger partial charge on any atom is 0.258 e. The zero-order valence-corrected chi connectivity index (χ0v) is 13.3. The number of nitrogens with zero attached hydrogens (tertiary/aromatic N) is 4. The highest BCUT2D eigenvalue weighted by Gasteiger charge is 2.26. The van der Waals surface area contributed by atoms with Crippen molar-refractivity contribution in [1.82, 2.24) is 25.3 Å². The molecule has 0 saturated carbocycles. The van der Waals surface area contributed by atoms with E-state index < -0.39 is 0 Å². The van der Waals surface area contributed by atoms with Gasteiger partial charge in [0.25, 0.3) is 5.89 Å². The first-order valence-electron chi connectivity index (χ1n) is 7.84. The Bertz CT molecular complexity index is 844. The van der Waals surface area contributed by atoms with Gasteiger partial charge in [0.15, 0.2) is 5.82 Å². The van der Waals surface area contributed by atoms with Crippen molar-refractivity contribution in [2.45, 2.75) is 13.0 Å². The molecular formula is C17H19N5O. The molecule has 6 heteroatoms. The van der Waals surface area contributed by atoms with Crippen LogP contribution in [0.15, 0.2) is 34.9 Å². The predicted molar refractivity (Wildman–Crippen MR) is 88.0 cm³/mol. The molecule has 23 heavy (non-hydrogen) atoms. The van der Waals surface area contributed by atoms with Crippen molar-refractivity contribution in [3.8, 4) is 11.5 Å². The molecule has 2 aromatic heterocycles. The molecule has 0 amide bonds. The van der Waals surface area contributed by atoms with E-state index in [1.54, 1.807) is 0 Å². The van der Waals surface area contributed by atoms with Crippen LogP contribution < -0.4 is 5.32 Å². The first-order valence-corrected chi connectivity index (χ1v) is 7.84. The van der Waals surface area contributed by atoms with Crippen LogP contribution in [-0.2, 0) is 0 Å². The van der Waals surface area contributed by atoms with E-state index in [0.717, 1.165) is 47.6 Å². The minimum absolute atomic E-state index is 0.149. The number of rotatable bonds is 2. The van der Waals surface area contributed by atoms with Crippen LogP contribution in [0.25, 0.3) is 22.4 Å². The van der Waals surface area contributed by atoms with Crippen molar-refractivity contribution in [3.05, 3.63) is 41.9 Å². The molecule has 1 aliphatic heterocycles. The number of nitrogens with one attached hydrogen (secondary N) is 1. The van der Waals surface area contributed by atoms with E-state index in [4.69, 9.17) is 4.52 Å². The van der Waals surface area contributed by atoms with Gasteiger partial charge in [-0.15, -0.1) is 0 Å². The van der Waals surface area contributed by atoms with Crippen molar-refractivity contribution in [2.75, 3.05) is 26.7 Å². The van der Waals surface area contributed by atoms with Crippen LogP contribution >= 0.6 is 0 Å². The average molecular weight is 309 g/mol. The summed E-state index contributed by atoms with van der Waals surface area (Å²) >= 11 is 0. The van der Waals surface area contributed by atoms with Gasteiger partial charge >= 0.3 is 0 Å². The molecule has 118 valence electrons. The molecular weight excluding hydrogens is 290 g/mol. The lowest BCUT2D eigenvalue weighted by Crippen LogP contribution is -2.44. The molecule has 1 fully saturated rings. The number of aryl methyl sites for hydroxylation is 1. The molecule has 1 aliphatic rings. The number of piperazine rings is 1. The number of hydrogen-bond acceptors (Lipinski definition) is 6. The molecule has 3 heterocycles. The van der Waals surface area contributed by atoms with E-state index in [1.165, 1.54) is 0 Å². The largest absolute Gasteiger partial charge is 0.334 e. The zero-order chi connectivity index (χ0) is 15.8. The van der Waals surface area contributed by atoms with Crippen molar-refractivity contribution >= 4 is 10.9 Å². The van der Waals surface area contributed by atoms with Crippen LogP contribution in [0.2, 0.25) is 0 Å². The minimum Gasteiger partial charge on any atom is -0.334 e. The SMILES string of the molecule is Cc1cc(-c2nc(C3CNCCN3C)no2)c2ccccc2n1. The number of pyridine rings is 1. The number of aromatic nitrogens is 3. The lowest BCUT2D eigenvalue weighted by atomic mass is 10.1. The first kappa shape index (κ1) is 14.3. The van der Waals surface area contributed by atoms with Gasteiger partial charge in [-0.3, -0.25) is 9.88 Å². The molecule has 0 bridgehead atoms. The fourth-order valence-electron chi connectivity index (χ4n) is 3.06. The molecule has 1 atom stereocenters. The van der Waals surface area contributed by atoms with Gasteiger partial charge in [-0.2, -0.15) is 4.98 Å². The maximum atomic E-state index is 5.57. The highest BCUT2D eigenvalue weighted by atomic mass is 16.5. The number of hydrogen-bond donors (Lipinski definition) is 1. The monoisotopic (exact) mass is 309 g/mol. The van der Waals surface area contributed by atoms with Crippen LogP contribution in [0.5, 0.6) is 0 Å². The summed E-state index contributed by atoms with van der Waals surface area (Å²) in [5, 5.41) is 8.62. The molecule has 0 radical (unpaired) electrons. The second-order valence-electron chi connectivity index (χ2n) is 5.99. The Balaban J connectivity index is 1.77. The van der Waals surface area contributed by atoms with Crippen LogP contribution in [0.4, 0.5) is 0 Å². The second kappa shape index (κ2) is 5.72. The zero-order valence-electron chi connectivity index (χ0n) is 13.3. The first-order chi connectivity index (χ1) is 11.2. The third-order valence-corrected chi connectivity index (χ3v) is 4.33. The number of benzene rings is 1. The molecule has 1 saturated heterocycles. The lowest BCUT2D eigenvalue weighted by molar-refractivity contribution is 0.190. The fourth-order valence-corrected chi connectivity index (χ4v) is 3.06. The Hall–Kier alpha value is -2.31. The van der Waals surface area contributed by atoms with E-state index >= 15 is 0 Å². The van der Waals surface area contributed by atoms with Gasteiger partial charge in [0, 0.05) is 30.7 Å². The van der Waals surface area contributed by atoms with Gasteiger partial charge in [0.1, 0.15) is 0 Å². The number of para-hydroxylation sites is 1. The predicted octanol–water partition coefficient (Wildman–Crippen LogP) is 2.17. The van der Waals surface area contributed by atoms with Crippen molar-refractivity contribution in [3.63, 3.8) is 0 Å². The van der Waals surface area contributed by atoms with Gasteiger partial charge in [0.2, 0.25) is 0 Å². The summed E-state index contributed by atoms with van der Waals surface area (Å²) in [5.41, 5.74) is 2.83. The molecule has 1 aromatic carbocycles. The molecule has 4 rings (SSSR count). The summed E-state index contributed by atoms with van der Waals surface area (Å²) in [5.74, 6) is 1.29. The van der Waals surface area contributed by atoms with Crippen molar-refractivity contribution in [1.29, 1.82) is 0 Å². The third kappa shape index (κ3) is 2.60. The summed E-state index contributed by atoms with van der Waals surface area (Å²) in [6.07, 6.45) is 0. The molecule has 1 N–H and O–H groups in total. The molecule has 0 aliphatic carbocycles. The van der Waals surface area contributed by atoms with E-state index in [-0.39, 0.29) is 6.04 Å². The van der Waals surface area contributed by atoms with Gasteiger partial charge in [-0.1, -0.05) is 23.4 Å². The molecule has 3 aromatic rings. The van der Waals surface area contributed by atoms with Gasteiger partial charge in [-0.25, -0.2) is 0 Å². The summed E-state index contributed by atoms with van der Waals surface area (Å²) in [6, 6.07) is 10.2. The van der Waals surface area contributed by atoms with Crippen LogP contribution in [0.1, 0.15) is 17.6 Å². The van der Waals surface area contributed by atoms with Crippen molar-refractivity contribution in [2.24, 2.45) is 0 Å². The Morgan fingerprint density at radius 2 is 2.13 bits per heavy atom. The Morgan fingerprint density at radius 3 is 3.00 bits per heavy atom. The fraction of sp³-hybridized carbons (Fsp3) is 0.353. The summed E-state index contributed by atoms with van der Waals surface area (Å²) < 4.78 is 5.57. The highest BCUT2D eigenvalue weighted by Crippen LogP contribution is 2.29. The van der Waals surface area contributed by atoms with Gasteiger partial charge < -0.3 is 9.84 Å². The Morgan fingerprint density at radius 1 is 1.26 bits per heavy atom. The van der Waals surface area contributed by atoms with Crippen LogP contribution in [-0.4, -0.2) is 46.7 Å². The summed E-state index contributed by atoms with van der Waals surface area (Å²) in [6.45, 7) is 4.79.